The quantitative estimate of drug-likeness (QED) is 0.491. The number of nitrogens with one attached hydrogen (secondary N) is 1. The number of fused-ring (bicyclic) bond motifs is 1. The molecule has 0 saturated carbocycles. The van der Waals surface area contributed by atoms with E-state index < -0.39 is 0 Å². The standard InChI is InChI=1S/C16H10BrFN4OS2/c1-8-6-14(20-15(23)11-4-5-13(17)24-11)22(21-8)16-19-10-3-2-9(18)7-12(10)25-16/h2-7H,1H3,(H,20,23). The lowest BCUT2D eigenvalue weighted by Gasteiger charge is -2.05. The fourth-order valence-corrected chi connectivity index (χ4v) is 4.56. The topological polar surface area (TPSA) is 59.8 Å². The molecule has 3 aromatic heterocycles. The van der Waals surface area contributed by atoms with Crippen molar-refractivity contribution in [1.29, 1.82) is 0 Å². The van der Waals surface area contributed by atoms with E-state index in [4.69, 9.17) is 0 Å². The van der Waals surface area contributed by atoms with E-state index >= 15 is 0 Å². The molecule has 126 valence electrons. The van der Waals surface area contributed by atoms with Crippen LogP contribution in [0, 0.1) is 12.7 Å². The summed E-state index contributed by atoms with van der Waals surface area (Å²) in [5.41, 5.74) is 1.43. The lowest BCUT2D eigenvalue weighted by molar-refractivity contribution is 0.103. The maximum Gasteiger partial charge on any atom is 0.266 e. The fraction of sp³-hybridized carbons (Fsp3) is 0.0625. The SMILES string of the molecule is Cc1cc(NC(=O)c2ccc(Br)s2)n(-c2nc3ccc(F)cc3s2)n1. The zero-order chi connectivity index (χ0) is 17.6. The van der Waals surface area contributed by atoms with E-state index in [1.165, 1.54) is 34.8 Å². The summed E-state index contributed by atoms with van der Waals surface area (Å²) in [6, 6.07) is 9.78. The van der Waals surface area contributed by atoms with Gasteiger partial charge in [-0.1, -0.05) is 11.3 Å². The molecule has 0 aliphatic rings. The van der Waals surface area contributed by atoms with Crippen molar-refractivity contribution in [3.63, 3.8) is 0 Å². The zero-order valence-corrected chi connectivity index (χ0v) is 16.0. The van der Waals surface area contributed by atoms with Crippen LogP contribution >= 0.6 is 38.6 Å². The number of aryl methyl sites for hydroxylation is 1. The zero-order valence-electron chi connectivity index (χ0n) is 12.8. The van der Waals surface area contributed by atoms with Crippen molar-refractivity contribution in [3.8, 4) is 5.13 Å². The van der Waals surface area contributed by atoms with Crippen LogP contribution < -0.4 is 5.32 Å². The second-order valence-electron chi connectivity index (χ2n) is 5.25. The van der Waals surface area contributed by atoms with Crippen LogP contribution in [0.15, 0.2) is 40.2 Å². The van der Waals surface area contributed by atoms with Crippen LogP contribution in [-0.2, 0) is 0 Å². The molecule has 0 fully saturated rings. The van der Waals surface area contributed by atoms with Crippen LogP contribution in [0.2, 0.25) is 0 Å². The molecule has 0 aliphatic heterocycles. The molecule has 1 amide bonds. The molecule has 9 heteroatoms. The van der Waals surface area contributed by atoms with E-state index in [9.17, 15) is 9.18 Å². The number of nitrogens with zero attached hydrogens (tertiary/aromatic N) is 3. The minimum absolute atomic E-state index is 0.219. The first-order valence-corrected chi connectivity index (χ1v) is 9.62. The van der Waals surface area contributed by atoms with Crippen LogP contribution in [0.3, 0.4) is 0 Å². The van der Waals surface area contributed by atoms with Gasteiger partial charge in [-0.3, -0.25) is 4.79 Å². The fourth-order valence-electron chi connectivity index (χ4n) is 2.33. The maximum absolute atomic E-state index is 13.4. The van der Waals surface area contributed by atoms with E-state index in [0.29, 0.717) is 21.3 Å². The van der Waals surface area contributed by atoms with E-state index in [-0.39, 0.29) is 11.7 Å². The molecule has 3 heterocycles. The second kappa shape index (κ2) is 6.32. The number of aromatic nitrogens is 3. The number of benzene rings is 1. The van der Waals surface area contributed by atoms with Gasteiger partial charge in [-0.05, 0) is 53.2 Å². The summed E-state index contributed by atoms with van der Waals surface area (Å²) in [6.45, 7) is 1.83. The Morgan fingerprint density at radius 1 is 1.24 bits per heavy atom. The molecule has 5 nitrogen and oxygen atoms in total. The Kier molecular flexibility index (Phi) is 4.14. The van der Waals surface area contributed by atoms with Gasteiger partial charge in [0, 0.05) is 6.07 Å². The summed E-state index contributed by atoms with van der Waals surface area (Å²) in [5.74, 6) is -0.00768. The number of carbonyl (C=O) groups is 1. The van der Waals surface area contributed by atoms with E-state index in [1.54, 1.807) is 22.9 Å². The molecule has 0 unspecified atom stereocenters. The Morgan fingerprint density at radius 2 is 2.08 bits per heavy atom. The summed E-state index contributed by atoms with van der Waals surface area (Å²) < 4.78 is 16.6. The first kappa shape index (κ1) is 16.4. The van der Waals surface area contributed by atoms with Crippen LogP contribution in [0.5, 0.6) is 0 Å². The van der Waals surface area contributed by atoms with E-state index in [1.807, 2.05) is 13.0 Å². The molecule has 0 radical (unpaired) electrons. The molecule has 4 rings (SSSR count). The van der Waals surface area contributed by atoms with Crippen LogP contribution in [0.4, 0.5) is 10.2 Å². The van der Waals surface area contributed by atoms with Gasteiger partial charge in [0.2, 0.25) is 5.13 Å². The van der Waals surface area contributed by atoms with E-state index in [0.717, 1.165) is 14.2 Å². The summed E-state index contributed by atoms with van der Waals surface area (Å²) in [4.78, 5) is 17.5. The Morgan fingerprint density at radius 3 is 2.84 bits per heavy atom. The number of halogens is 2. The van der Waals surface area contributed by atoms with Gasteiger partial charge >= 0.3 is 0 Å². The van der Waals surface area contributed by atoms with Gasteiger partial charge in [-0.25, -0.2) is 9.37 Å². The van der Waals surface area contributed by atoms with Crippen molar-refractivity contribution in [2.75, 3.05) is 5.32 Å². The molecule has 0 atom stereocenters. The number of hydrogen-bond acceptors (Lipinski definition) is 5. The molecule has 4 aromatic rings. The Labute approximate surface area is 158 Å². The van der Waals surface area contributed by atoms with Crippen molar-refractivity contribution in [2.45, 2.75) is 6.92 Å². The smallest absolute Gasteiger partial charge is 0.266 e. The van der Waals surface area contributed by atoms with Gasteiger partial charge in [0.1, 0.15) is 11.6 Å². The summed E-state index contributed by atoms with van der Waals surface area (Å²) in [7, 11) is 0. The van der Waals surface area contributed by atoms with Crippen molar-refractivity contribution in [1.82, 2.24) is 14.8 Å². The number of thiazole rings is 1. The average Bonchev–Trinajstić information content (AvgIpc) is 3.25. The van der Waals surface area contributed by atoms with Gasteiger partial charge in [-0.15, -0.1) is 11.3 Å². The lowest BCUT2D eigenvalue weighted by Crippen LogP contribution is -2.13. The van der Waals surface area contributed by atoms with Crippen molar-refractivity contribution >= 4 is 60.5 Å². The van der Waals surface area contributed by atoms with Gasteiger partial charge in [0.05, 0.1) is 24.6 Å². The molecule has 1 N–H and O–H groups in total. The molecule has 25 heavy (non-hydrogen) atoms. The number of amides is 1. The summed E-state index contributed by atoms with van der Waals surface area (Å²) in [5, 5.41) is 7.83. The van der Waals surface area contributed by atoms with Gasteiger partial charge < -0.3 is 5.32 Å². The Balaban J connectivity index is 1.71. The molecule has 0 spiro atoms. The molecular weight excluding hydrogens is 427 g/mol. The number of rotatable bonds is 3. The molecule has 0 aliphatic carbocycles. The normalized spacial score (nSPS) is 11.2. The first-order valence-electron chi connectivity index (χ1n) is 7.19. The monoisotopic (exact) mass is 436 g/mol. The van der Waals surface area contributed by atoms with Crippen molar-refractivity contribution in [2.24, 2.45) is 0 Å². The lowest BCUT2D eigenvalue weighted by atomic mass is 10.3. The highest BCUT2D eigenvalue weighted by molar-refractivity contribution is 9.11. The van der Waals surface area contributed by atoms with Crippen LogP contribution in [-0.4, -0.2) is 20.7 Å². The van der Waals surface area contributed by atoms with Crippen LogP contribution in [0.1, 0.15) is 15.4 Å². The summed E-state index contributed by atoms with van der Waals surface area (Å²) in [6.07, 6.45) is 0. The maximum atomic E-state index is 13.4. The summed E-state index contributed by atoms with van der Waals surface area (Å²) >= 11 is 6.01. The second-order valence-corrected chi connectivity index (χ2v) is 8.72. The van der Waals surface area contributed by atoms with Gasteiger partial charge in [-0.2, -0.15) is 9.78 Å². The van der Waals surface area contributed by atoms with Crippen molar-refractivity contribution < 1.29 is 9.18 Å². The largest absolute Gasteiger partial charge is 0.306 e. The third-order valence-corrected chi connectivity index (χ3v) is 6.01. The number of hydrogen-bond donors (Lipinski definition) is 1. The Bertz CT molecular complexity index is 1100. The van der Waals surface area contributed by atoms with E-state index in [2.05, 4.69) is 31.3 Å². The third-order valence-electron chi connectivity index (χ3n) is 3.39. The molecule has 0 saturated heterocycles. The van der Waals surface area contributed by atoms with Gasteiger partial charge in [0.15, 0.2) is 0 Å². The highest BCUT2D eigenvalue weighted by Crippen LogP contribution is 2.28. The predicted molar refractivity (Wildman–Crippen MR) is 101 cm³/mol. The molecular formula is C16H10BrFN4OS2. The highest BCUT2D eigenvalue weighted by atomic mass is 79.9. The van der Waals surface area contributed by atoms with Crippen molar-refractivity contribution in [3.05, 3.63) is 56.6 Å². The minimum atomic E-state index is -0.309. The first-order chi connectivity index (χ1) is 12.0. The number of carbonyl (C=O) groups excluding carboxylic acids is 1. The van der Waals surface area contributed by atoms with Crippen LogP contribution in [0.25, 0.3) is 15.3 Å². The minimum Gasteiger partial charge on any atom is -0.306 e. The Hall–Kier alpha value is -2.10. The molecule has 1 aromatic carbocycles. The average molecular weight is 437 g/mol. The van der Waals surface area contributed by atoms with Gasteiger partial charge in [0.25, 0.3) is 5.91 Å². The number of thiophene rings is 1. The third kappa shape index (κ3) is 3.22. The highest BCUT2D eigenvalue weighted by Gasteiger charge is 2.16. The molecule has 0 bridgehead atoms. The number of anilines is 1. The predicted octanol–water partition coefficient (Wildman–Crippen LogP) is 5.01.